The SMILES string of the molecule is CC[C@H](C)[C@@H](NC(=O)CCC(=O)O[C@@H]1CC[C@@H]2[C@H]3CCC4=CC(=O)CC[C@]4(C)[C@@H]3CC[C@@]21C)C(=O)O. The lowest BCUT2D eigenvalue weighted by molar-refractivity contribution is -0.160. The van der Waals surface area contributed by atoms with Crippen LogP contribution in [0.1, 0.15) is 98.3 Å². The van der Waals surface area contributed by atoms with Crippen molar-refractivity contribution in [2.75, 3.05) is 0 Å². The minimum atomic E-state index is -1.06. The van der Waals surface area contributed by atoms with Crippen LogP contribution >= 0.6 is 0 Å². The largest absolute Gasteiger partial charge is 0.480 e. The molecule has 7 nitrogen and oxygen atoms in total. The Kier molecular flexibility index (Phi) is 7.68. The van der Waals surface area contributed by atoms with Gasteiger partial charge in [0.1, 0.15) is 12.1 Å². The molecule has 3 saturated carbocycles. The summed E-state index contributed by atoms with van der Waals surface area (Å²) in [5.74, 6) is -0.0631. The summed E-state index contributed by atoms with van der Waals surface area (Å²) in [6.07, 6.45) is 10.1. The zero-order chi connectivity index (χ0) is 26.3. The van der Waals surface area contributed by atoms with Gasteiger partial charge >= 0.3 is 11.9 Å². The first kappa shape index (κ1) is 26.9. The number of amides is 1. The van der Waals surface area contributed by atoms with Crippen LogP contribution in [0.4, 0.5) is 0 Å². The van der Waals surface area contributed by atoms with Crippen molar-refractivity contribution in [3.05, 3.63) is 11.6 Å². The molecule has 7 heteroatoms. The van der Waals surface area contributed by atoms with Gasteiger partial charge in [-0.1, -0.05) is 39.7 Å². The summed E-state index contributed by atoms with van der Waals surface area (Å²) in [6.45, 7) is 8.33. The molecule has 0 aliphatic heterocycles. The van der Waals surface area contributed by atoms with Gasteiger partial charge in [0.2, 0.25) is 5.91 Å². The van der Waals surface area contributed by atoms with E-state index >= 15 is 0 Å². The van der Waals surface area contributed by atoms with Crippen molar-refractivity contribution < 1.29 is 29.0 Å². The van der Waals surface area contributed by atoms with Crippen LogP contribution in [0.5, 0.6) is 0 Å². The highest BCUT2D eigenvalue weighted by atomic mass is 16.5. The van der Waals surface area contributed by atoms with Crippen LogP contribution in [0.2, 0.25) is 0 Å². The van der Waals surface area contributed by atoms with Gasteiger partial charge in [-0.15, -0.1) is 0 Å². The van der Waals surface area contributed by atoms with Crippen LogP contribution in [0.3, 0.4) is 0 Å². The van der Waals surface area contributed by atoms with Crippen molar-refractivity contribution in [3.63, 3.8) is 0 Å². The molecule has 2 N–H and O–H groups in total. The van der Waals surface area contributed by atoms with E-state index in [0.717, 1.165) is 44.9 Å². The molecule has 4 aliphatic rings. The first-order valence-corrected chi connectivity index (χ1v) is 13.9. The lowest BCUT2D eigenvalue weighted by Crippen LogP contribution is -2.51. The number of esters is 1. The average molecular weight is 502 g/mol. The highest BCUT2D eigenvalue weighted by molar-refractivity contribution is 5.91. The molecule has 0 aromatic heterocycles. The lowest BCUT2D eigenvalue weighted by atomic mass is 9.47. The number of nitrogens with one attached hydrogen (secondary N) is 1. The van der Waals surface area contributed by atoms with E-state index in [0.29, 0.717) is 30.6 Å². The molecule has 0 saturated heterocycles. The van der Waals surface area contributed by atoms with Crippen molar-refractivity contribution in [2.45, 2.75) is 110 Å². The fourth-order valence-electron chi connectivity index (χ4n) is 8.07. The number of allylic oxidation sites excluding steroid dienone is 1. The molecule has 200 valence electrons. The van der Waals surface area contributed by atoms with Crippen LogP contribution in [0.25, 0.3) is 0 Å². The molecule has 0 bridgehead atoms. The van der Waals surface area contributed by atoms with Crippen LogP contribution in [-0.4, -0.2) is 40.9 Å². The lowest BCUT2D eigenvalue weighted by Gasteiger charge is -2.57. The number of aliphatic carboxylic acids is 1. The third-order valence-corrected chi connectivity index (χ3v) is 10.5. The fourth-order valence-corrected chi connectivity index (χ4v) is 8.07. The first-order valence-electron chi connectivity index (χ1n) is 13.9. The number of carbonyl (C=O) groups excluding carboxylic acids is 3. The number of fused-ring (bicyclic) bond motifs is 5. The number of rotatable bonds is 8. The molecular weight excluding hydrogens is 458 g/mol. The third kappa shape index (κ3) is 4.87. The summed E-state index contributed by atoms with van der Waals surface area (Å²) in [5.41, 5.74) is 1.44. The number of carbonyl (C=O) groups is 4. The maximum absolute atomic E-state index is 12.7. The van der Waals surface area contributed by atoms with Gasteiger partial charge in [-0.05, 0) is 80.1 Å². The second-order valence-corrected chi connectivity index (χ2v) is 12.3. The van der Waals surface area contributed by atoms with E-state index in [-0.39, 0.29) is 47.4 Å². The first-order chi connectivity index (χ1) is 17.0. The molecule has 36 heavy (non-hydrogen) atoms. The topological polar surface area (TPSA) is 110 Å². The molecule has 4 aliphatic carbocycles. The number of carboxylic acid groups (broad SMARTS) is 1. The highest BCUT2D eigenvalue weighted by Gasteiger charge is 2.59. The Labute approximate surface area is 214 Å². The van der Waals surface area contributed by atoms with Gasteiger partial charge in [-0.2, -0.15) is 0 Å². The van der Waals surface area contributed by atoms with Crippen molar-refractivity contribution in [2.24, 2.45) is 34.5 Å². The number of carboxylic acids is 1. The molecule has 0 spiro atoms. The van der Waals surface area contributed by atoms with Gasteiger partial charge < -0.3 is 15.2 Å². The maximum Gasteiger partial charge on any atom is 0.326 e. The van der Waals surface area contributed by atoms with Gasteiger partial charge in [0.15, 0.2) is 5.78 Å². The number of ether oxygens (including phenoxy) is 1. The predicted octanol–water partition coefficient (Wildman–Crippen LogP) is 4.83. The molecule has 0 radical (unpaired) electrons. The van der Waals surface area contributed by atoms with Crippen LogP contribution < -0.4 is 5.32 Å². The van der Waals surface area contributed by atoms with Gasteiger partial charge in [-0.3, -0.25) is 14.4 Å². The van der Waals surface area contributed by atoms with Crippen molar-refractivity contribution >= 4 is 23.6 Å². The summed E-state index contributed by atoms with van der Waals surface area (Å²) < 4.78 is 5.99. The van der Waals surface area contributed by atoms with Crippen LogP contribution in [0, 0.1) is 34.5 Å². The summed E-state index contributed by atoms with van der Waals surface area (Å²) in [4.78, 5) is 48.6. The van der Waals surface area contributed by atoms with E-state index in [2.05, 4.69) is 19.2 Å². The summed E-state index contributed by atoms with van der Waals surface area (Å²) in [6, 6.07) is -0.946. The van der Waals surface area contributed by atoms with E-state index in [1.807, 2.05) is 13.0 Å². The van der Waals surface area contributed by atoms with E-state index < -0.39 is 17.9 Å². The Morgan fingerprint density at radius 1 is 1.08 bits per heavy atom. The maximum atomic E-state index is 12.7. The highest BCUT2D eigenvalue weighted by Crippen LogP contribution is 2.65. The standard InChI is InChI=1S/C29H43NO6/c1-5-17(2)26(27(34)35)30-24(32)10-11-25(33)36-23-9-8-21-20-7-6-18-16-19(31)12-14-28(18,3)22(20)13-15-29(21,23)4/h16-17,20-23,26H,5-15H2,1-4H3,(H,30,32)(H,34,35)/t17-,20+,21+,22+,23+,26+,28-,29-/m0/s1. The van der Waals surface area contributed by atoms with Crippen molar-refractivity contribution in [3.8, 4) is 0 Å². The van der Waals surface area contributed by atoms with E-state index in [1.54, 1.807) is 6.92 Å². The summed E-state index contributed by atoms with van der Waals surface area (Å²) in [5, 5.41) is 11.9. The average Bonchev–Trinajstić information content (AvgIpc) is 3.17. The molecule has 0 aromatic carbocycles. The fraction of sp³-hybridized carbons (Fsp3) is 0.793. The monoisotopic (exact) mass is 501 g/mol. The molecule has 4 rings (SSSR count). The molecule has 1 amide bonds. The van der Waals surface area contributed by atoms with Crippen LogP contribution in [0.15, 0.2) is 11.6 Å². The number of hydrogen-bond donors (Lipinski definition) is 2. The van der Waals surface area contributed by atoms with Crippen LogP contribution in [-0.2, 0) is 23.9 Å². The predicted molar refractivity (Wildman–Crippen MR) is 135 cm³/mol. The zero-order valence-electron chi connectivity index (χ0n) is 22.3. The number of ketones is 1. The Hall–Kier alpha value is -2.18. The smallest absolute Gasteiger partial charge is 0.326 e. The van der Waals surface area contributed by atoms with Crippen molar-refractivity contribution in [1.82, 2.24) is 5.32 Å². The van der Waals surface area contributed by atoms with Crippen molar-refractivity contribution in [1.29, 1.82) is 0 Å². The van der Waals surface area contributed by atoms with E-state index in [9.17, 15) is 24.3 Å². The Morgan fingerprint density at radius 2 is 1.83 bits per heavy atom. The molecule has 0 aromatic rings. The second-order valence-electron chi connectivity index (χ2n) is 12.3. The summed E-state index contributed by atoms with van der Waals surface area (Å²) >= 11 is 0. The summed E-state index contributed by atoms with van der Waals surface area (Å²) in [7, 11) is 0. The zero-order valence-corrected chi connectivity index (χ0v) is 22.3. The van der Waals surface area contributed by atoms with Gasteiger partial charge in [0.05, 0.1) is 6.42 Å². The molecule has 0 heterocycles. The molecule has 8 atom stereocenters. The molecule has 0 unspecified atom stereocenters. The van der Waals surface area contributed by atoms with E-state index in [1.165, 1.54) is 5.57 Å². The normalized spacial score (nSPS) is 37.0. The number of hydrogen-bond acceptors (Lipinski definition) is 5. The Bertz CT molecular complexity index is 942. The third-order valence-electron chi connectivity index (χ3n) is 10.5. The Morgan fingerprint density at radius 3 is 2.53 bits per heavy atom. The second kappa shape index (κ2) is 10.3. The van der Waals surface area contributed by atoms with E-state index in [4.69, 9.17) is 4.74 Å². The molecule has 3 fully saturated rings. The van der Waals surface area contributed by atoms with Gasteiger partial charge in [-0.25, -0.2) is 4.79 Å². The quantitative estimate of drug-likeness (QED) is 0.461. The van der Waals surface area contributed by atoms with Gasteiger partial charge in [0.25, 0.3) is 0 Å². The molecular formula is C29H43NO6. The minimum Gasteiger partial charge on any atom is -0.480 e. The minimum absolute atomic E-state index is 0.0395. The van der Waals surface area contributed by atoms with Gasteiger partial charge in [0, 0.05) is 18.3 Å². The Balaban J connectivity index is 1.34.